The molecule has 1 rings (SSSR count). The van der Waals surface area contributed by atoms with Crippen LogP contribution in [0.4, 0.5) is 0 Å². The van der Waals surface area contributed by atoms with Gasteiger partial charge in [0.05, 0.1) is 20.1 Å². The second-order valence-electron chi connectivity index (χ2n) is 1.77. The minimum atomic E-state index is 0.222. The van der Waals surface area contributed by atoms with Crippen LogP contribution in [0.3, 0.4) is 0 Å². The highest BCUT2D eigenvalue weighted by Gasteiger charge is 2.02. The van der Waals surface area contributed by atoms with Crippen molar-refractivity contribution in [2.45, 2.75) is 0 Å². The van der Waals surface area contributed by atoms with E-state index in [0.29, 0.717) is 20.1 Å². The van der Waals surface area contributed by atoms with Gasteiger partial charge < -0.3 is 0 Å². The summed E-state index contributed by atoms with van der Waals surface area (Å²) in [5.41, 5.74) is 0. The summed E-state index contributed by atoms with van der Waals surface area (Å²) in [5, 5.41) is 1.65. The normalized spacial score (nSPS) is 8.69. The Morgan fingerprint density at radius 2 is 1.00 bits per heavy atom. The molecule has 0 radical (unpaired) electrons. The average Bonchev–Trinajstić information content (AvgIpc) is 2.03. The quantitative estimate of drug-likeness (QED) is 0.382. The third kappa shape index (κ3) is 4.94. The largest absolute Gasteiger partial charge is 0.285 e. The highest BCUT2D eigenvalue weighted by atomic mass is 35.5. The fourth-order valence-electron chi connectivity index (χ4n) is 0.498. The Kier molecular flexibility index (Phi) is 6.92. The fourth-order valence-corrected chi connectivity index (χ4v) is 1.26. The lowest BCUT2D eigenvalue weighted by Crippen LogP contribution is -1.70. The topological polar surface area (TPSA) is 17.1 Å². The number of benzene rings is 1. The van der Waals surface area contributed by atoms with Gasteiger partial charge >= 0.3 is 0 Å². The van der Waals surface area contributed by atoms with Crippen LogP contribution >= 0.6 is 58.0 Å². The summed E-state index contributed by atoms with van der Waals surface area (Å²) in [6.45, 7) is 0. The van der Waals surface area contributed by atoms with Gasteiger partial charge in [0.2, 0.25) is 5.75 Å². The van der Waals surface area contributed by atoms with Crippen LogP contribution in [0.1, 0.15) is 0 Å². The molecule has 1 aromatic rings. The maximum Gasteiger partial charge on any atom is 0.208 e. The molecule has 0 spiro atoms. The number of hydrogen-bond donors (Lipinski definition) is 0. The van der Waals surface area contributed by atoms with E-state index in [4.69, 9.17) is 51.2 Å². The molecule has 0 amide bonds. The zero-order valence-electron chi connectivity index (χ0n) is 6.03. The monoisotopic (exact) mass is 278 g/mol. The molecular weight excluding hydrogens is 277 g/mol. The predicted molar refractivity (Wildman–Crippen MR) is 59.1 cm³/mol. The summed E-state index contributed by atoms with van der Waals surface area (Å²) in [6.07, 6.45) is 0. The third-order valence-corrected chi connectivity index (χ3v) is 2.41. The van der Waals surface area contributed by atoms with Gasteiger partial charge in [-0.05, 0) is 23.7 Å². The molecule has 0 saturated heterocycles. The molecule has 0 aromatic heterocycles. The zero-order valence-corrected chi connectivity index (χ0v) is 9.81. The molecule has 0 aliphatic heterocycles. The van der Waals surface area contributed by atoms with Gasteiger partial charge in [-0.25, -0.2) is 0 Å². The first-order valence-electron chi connectivity index (χ1n) is 2.86. The molecule has 1 nitrogen and oxygen atoms in total. The van der Waals surface area contributed by atoms with Crippen molar-refractivity contribution in [2.24, 2.45) is 0 Å². The van der Waals surface area contributed by atoms with Crippen molar-refractivity contribution in [1.29, 1.82) is 0 Å². The van der Waals surface area contributed by atoms with Crippen molar-refractivity contribution >= 4 is 63.8 Å². The Balaban J connectivity index is 0.000000424. The van der Waals surface area contributed by atoms with Gasteiger partial charge in [-0.2, -0.15) is 0 Å². The molecule has 0 aliphatic rings. The van der Waals surface area contributed by atoms with Crippen LogP contribution < -0.4 is 0 Å². The van der Waals surface area contributed by atoms with Gasteiger partial charge in [-0.3, -0.25) is 4.79 Å². The minimum absolute atomic E-state index is 0.222. The summed E-state index contributed by atoms with van der Waals surface area (Å²) in [4.78, 5) is 8.57. The minimum Gasteiger partial charge on any atom is -0.285 e. The lowest BCUT2D eigenvalue weighted by Gasteiger charge is -1.97. The maximum absolute atomic E-state index is 8.57. The number of hydrogen-bond acceptors (Lipinski definition) is 1. The lowest BCUT2D eigenvalue weighted by atomic mass is 10.4. The number of carbonyl (C=O) groups is 1. The molecule has 0 heterocycles. The van der Waals surface area contributed by atoms with Crippen LogP contribution in [0, 0.1) is 0 Å². The van der Waals surface area contributed by atoms with Crippen LogP contribution in [-0.2, 0) is 4.79 Å². The molecule has 0 bridgehead atoms. The van der Waals surface area contributed by atoms with E-state index in [9.17, 15) is 0 Å². The smallest absolute Gasteiger partial charge is 0.208 e. The summed E-state index contributed by atoms with van der Waals surface area (Å²) in [5.74, 6) is 0.222. The molecule has 0 aliphatic carbocycles. The van der Waals surface area contributed by atoms with Gasteiger partial charge in [0.1, 0.15) is 0 Å². The van der Waals surface area contributed by atoms with Gasteiger partial charge in [0.15, 0.2) is 0 Å². The molecule has 0 unspecified atom stereocenters. The summed E-state index contributed by atoms with van der Waals surface area (Å²) < 4.78 is 0. The van der Waals surface area contributed by atoms with Crippen molar-refractivity contribution < 1.29 is 4.79 Å². The van der Waals surface area contributed by atoms with E-state index >= 15 is 0 Å². The first-order chi connectivity index (χ1) is 6.02. The summed E-state index contributed by atoms with van der Waals surface area (Å²) in [7, 11) is 0. The second kappa shape index (κ2) is 6.74. The van der Waals surface area contributed by atoms with Crippen molar-refractivity contribution in [1.82, 2.24) is 0 Å². The van der Waals surface area contributed by atoms with E-state index in [1.807, 2.05) is 0 Å². The van der Waals surface area contributed by atoms with E-state index in [2.05, 4.69) is 11.6 Å². The van der Waals surface area contributed by atoms with Crippen molar-refractivity contribution in [3.63, 3.8) is 0 Å². The van der Waals surface area contributed by atoms with E-state index in [1.165, 1.54) is 12.1 Å². The fraction of sp³-hybridized carbons (Fsp3) is 0. The lowest BCUT2D eigenvalue weighted by molar-refractivity contribution is 0.569. The average molecular weight is 280 g/mol. The van der Waals surface area contributed by atoms with Gasteiger partial charge in [-0.1, -0.05) is 46.4 Å². The van der Waals surface area contributed by atoms with Crippen LogP contribution in [0.2, 0.25) is 20.1 Å². The molecule has 1 aromatic carbocycles. The molecule has 13 heavy (non-hydrogen) atoms. The van der Waals surface area contributed by atoms with Crippen LogP contribution in [0.5, 0.6) is 0 Å². The Labute approximate surface area is 100 Å². The first-order valence-corrected chi connectivity index (χ1v) is 4.81. The molecule has 0 atom stereocenters. The Bertz CT molecular complexity index is 249. The highest BCUT2D eigenvalue weighted by Crippen LogP contribution is 2.31. The molecular formula is C7H3Cl5O. The van der Waals surface area contributed by atoms with E-state index in [-0.39, 0.29) is 5.75 Å². The number of carbonyl (C=O) groups excluding carboxylic acids is 1. The van der Waals surface area contributed by atoms with E-state index in [1.54, 1.807) is 0 Å². The van der Waals surface area contributed by atoms with Crippen LogP contribution in [0.25, 0.3) is 0 Å². The Morgan fingerprint density at radius 1 is 0.846 bits per heavy atom. The number of rotatable bonds is 0. The molecule has 72 valence electrons. The van der Waals surface area contributed by atoms with Crippen molar-refractivity contribution in [2.75, 3.05) is 0 Å². The standard InChI is InChI=1S/C6H2Cl4.CHClO/c7-3-1-4(8)6(10)2-5(3)9;2-1-3/h1-2H;1H. The predicted octanol–water partition coefficient (Wildman–Crippen LogP) is 4.72. The van der Waals surface area contributed by atoms with Gasteiger partial charge in [0.25, 0.3) is 0 Å². The van der Waals surface area contributed by atoms with Crippen LogP contribution in [-0.4, -0.2) is 5.75 Å². The van der Waals surface area contributed by atoms with Gasteiger partial charge in [0, 0.05) is 0 Å². The Morgan fingerprint density at radius 3 is 1.15 bits per heavy atom. The molecule has 6 heteroatoms. The number of halogens is 5. The summed E-state index contributed by atoms with van der Waals surface area (Å²) >= 11 is 26.8. The van der Waals surface area contributed by atoms with E-state index < -0.39 is 0 Å². The molecule has 0 N–H and O–H groups in total. The van der Waals surface area contributed by atoms with Crippen molar-refractivity contribution in [3.05, 3.63) is 32.2 Å². The Hall–Kier alpha value is 0.340. The second-order valence-corrected chi connectivity index (χ2v) is 3.58. The highest BCUT2D eigenvalue weighted by molar-refractivity contribution is 6.54. The zero-order chi connectivity index (χ0) is 10.4. The third-order valence-electron chi connectivity index (χ3n) is 0.963. The first kappa shape index (κ1) is 13.3. The molecule has 0 fully saturated rings. The maximum atomic E-state index is 8.57. The van der Waals surface area contributed by atoms with E-state index in [0.717, 1.165) is 0 Å². The van der Waals surface area contributed by atoms with Crippen molar-refractivity contribution in [3.8, 4) is 0 Å². The van der Waals surface area contributed by atoms with Gasteiger partial charge in [-0.15, -0.1) is 0 Å². The SMILES string of the molecule is Clc1cc(Cl)c(Cl)cc1Cl.O=CCl. The van der Waals surface area contributed by atoms with Crippen LogP contribution in [0.15, 0.2) is 12.1 Å². The summed E-state index contributed by atoms with van der Waals surface area (Å²) in [6, 6.07) is 3.02. The molecule has 0 saturated carbocycles.